The lowest BCUT2D eigenvalue weighted by Gasteiger charge is -2.28. The van der Waals surface area contributed by atoms with E-state index in [0.29, 0.717) is 6.42 Å². The number of hydrogen-bond donors (Lipinski definition) is 4. The highest BCUT2D eigenvalue weighted by Gasteiger charge is 2.44. The number of rotatable bonds is 7. The van der Waals surface area contributed by atoms with Gasteiger partial charge < -0.3 is 29.9 Å². The first-order valence-corrected chi connectivity index (χ1v) is 8.65. The van der Waals surface area contributed by atoms with Crippen molar-refractivity contribution in [2.24, 2.45) is 0 Å². The van der Waals surface area contributed by atoms with Gasteiger partial charge in [0.05, 0.1) is 12.7 Å². The minimum Gasteiger partial charge on any atom is -0.394 e. The summed E-state index contributed by atoms with van der Waals surface area (Å²) in [5.41, 5.74) is 1.81. The van der Waals surface area contributed by atoms with Gasteiger partial charge in [0.1, 0.15) is 24.4 Å². The van der Waals surface area contributed by atoms with Gasteiger partial charge in [-0.25, -0.2) is 0 Å². The Morgan fingerprint density at radius 3 is 2.08 bits per heavy atom. The number of hydrogen-bond acceptors (Lipinski definition) is 6. The molecule has 0 saturated carbocycles. The molecule has 0 amide bonds. The van der Waals surface area contributed by atoms with Crippen molar-refractivity contribution < 1.29 is 29.9 Å². The van der Waals surface area contributed by atoms with Gasteiger partial charge in [-0.15, -0.1) is 0 Å². The SMILES string of the molecule is OC[C@@H](O)[C@@H](O)[C@H](O)[C@H]1OC(c2ccccc2)OC1Cc1ccccc1. The smallest absolute Gasteiger partial charge is 0.184 e. The van der Waals surface area contributed by atoms with Crippen molar-refractivity contribution in [2.75, 3.05) is 6.61 Å². The molecule has 1 heterocycles. The van der Waals surface area contributed by atoms with Crippen molar-refractivity contribution in [2.45, 2.75) is 43.2 Å². The fraction of sp³-hybridized carbons (Fsp3) is 0.400. The van der Waals surface area contributed by atoms with E-state index in [1.54, 1.807) is 0 Å². The van der Waals surface area contributed by atoms with Crippen LogP contribution >= 0.6 is 0 Å². The Hall–Kier alpha value is -1.80. The van der Waals surface area contributed by atoms with E-state index in [1.165, 1.54) is 0 Å². The van der Waals surface area contributed by atoms with Crippen LogP contribution in [0.15, 0.2) is 60.7 Å². The van der Waals surface area contributed by atoms with Crippen LogP contribution < -0.4 is 0 Å². The van der Waals surface area contributed by atoms with E-state index in [2.05, 4.69) is 0 Å². The van der Waals surface area contributed by atoms with Gasteiger partial charge in [0.25, 0.3) is 0 Å². The summed E-state index contributed by atoms with van der Waals surface area (Å²) < 4.78 is 11.9. The van der Waals surface area contributed by atoms with Gasteiger partial charge in [-0.2, -0.15) is 0 Å². The highest BCUT2D eigenvalue weighted by molar-refractivity contribution is 5.19. The lowest BCUT2D eigenvalue weighted by atomic mass is 9.95. The molecule has 140 valence electrons. The summed E-state index contributed by atoms with van der Waals surface area (Å²) in [6.45, 7) is -0.655. The molecule has 0 aromatic heterocycles. The molecule has 4 N–H and O–H groups in total. The molecule has 0 radical (unpaired) electrons. The van der Waals surface area contributed by atoms with Gasteiger partial charge in [0, 0.05) is 12.0 Å². The molecule has 0 spiro atoms. The van der Waals surface area contributed by atoms with Gasteiger partial charge in [0.15, 0.2) is 6.29 Å². The molecule has 0 bridgehead atoms. The Morgan fingerprint density at radius 2 is 1.46 bits per heavy atom. The largest absolute Gasteiger partial charge is 0.394 e. The summed E-state index contributed by atoms with van der Waals surface area (Å²) in [5, 5.41) is 39.3. The van der Waals surface area contributed by atoms with E-state index in [9.17, 15) is 15.3 Å². The Labute approximate surface area is 152 Å². The zero-order chi connectivity index (χ0) is 18.5. The van der Waals surface area contributed by atoms with Gasteiger partial charge in [-0.1, -0.05) is 60.7 Å². The standard InChI is InChI=1S/C20H24O6/c21-12-15(22)17(23)18(24)19-16(11-13-7-3-1-4-8-13)25-20(26-19)14-9-5-2-6-10-14/h1-10,15-24H,11-12H2/t15-,16?,17-,18+,19+,20?/m1/s1. The molecule has 1 fully saturated rings. The van der Waals surface area contributed by atoms with Crippen LogP contribution in [0.1, 0.15) is 17.4 Å². The third-order valence-corrected chi connectivity index (χ3v) is 4.56. The number of aliphatic hydroxyl groups excluding tert-OH is 4. The Morgan fingerprint density at radius 1 is 0.846 bits per heavy atom. The van der Waals surface area contributed by atoms with Crippen LogP contribution in [0.4, 0.5) is 0 Å². The van der Waals surface area contributed by atoms with Gasteiger partial charge in [0.2, 0.25) is 0 Å². The van der Waals surface area contributed by atoms with Crippen LogP contribution in [0.2, 0.25) is 0 Å². The highest BCUT2D eigenvalue weighted by Crippen LogP contribution is 2.35. The lowest BCUT2D eigenvalue weighted by Crippen LogP contribution is -2.49. The van der Waals surface area contributed by atoms with Crippen LogP contribution in [-0.2, 0) is 15.9 Å². The molecule has 2 unspecified atom stereocenters. The topological polar surface area (TPSA) is 99.4 Å². The van der Waals surface area contributed by atoms with Crippen LogP contribution in [0, 0.1) is 0 Å². The first-order valence-electron chi connectivity index (χ1n) is 8.65. The molecule has 3 rings (SSSR count). The summed E-state index contributed by atoms with van der Waals surface area (Å²) in [6, 6.07) is 19.0. The highest BCUT2D eigenvalue weighted by atomic mass is 16.7. The third-order valence-electron chi connectivity index (χ3n) is 4.56. The van der Waals surface area contributed by atoms with Crippen LogP contribution in [0.5, 0.6) is 0 Å². The minimum atomic E-state index is -1.54. The predicted molar refractivity (Wildman–Crippen MR) is 94.2 cm³/mol. The summed E-state index contributed by atoms with van der Waals surface area (Å²) in [5.74, 6) is 0. The molecule has 2 aromatic carbocycles. The first kappa shape index (κ1) is 19.0. The number of aliphatic hydroxyl groups is 4. The van der Waals surface area contributed by atoms with Crippen LogP contribution in [0.25, 0.3) is 0 Å². The molecule has 6 nitrogen and oxygen atoms in total. The Bertz CT molecular complexity index is 665. The predicted octanol–water partition coefficient (Wildman–Crippen LogP) is 0.787. The maximum atomic E-state index is 10.5. The Kier molecular flexibility index (Phi) is 6.37. The van der Waals surface area contributed by atoms with E-state index in [-0.39, 0.29) is 0 Å². The second-order valence-electron chi connectivity index (χ2n) is 6.44. The van der Waals surface area contributed by atoms with Crippen molar-refractivity contribution in [1.82, 2.24) is 0 Å². The molecule has 1 aliphatic rings. The fourth-order valence-electron chi connectivity index (χ4n) is 3.11. The monoisotopic (exact) mass is 360 g/mol. The average Bonchev–Trinajstić information content (AvgIpc) is 3.11. The van der Waals surface area contributed by atoms with Crippen molar-refractivity contribution in [3.05, 3.63) is 71.8 Å². The average molecular weight is 360 g/mol. The van der Waals surface area contributed by atoms with Crippen LogP contribution in [0.3, 0.4) is 0 Å². The van der Waals surface area contributed by atoms with Crippen LogP contribution in [-0.4, -0.2) is 57.6 Å². The molecule has 6 heteroatoms. The summed E-state index contributed by atoms with van der Waals surface area (Å²) >= 11 is 0. The quantitative estimate of drug-likeness (QED) is 0.583. The van der Waals surface area contributed by atoms with Gasteiger partial charge in [-0.05, 0) is 5.56 Å². The number of benzene rings is 2. The van der Waals surface area contributed by atoms with Crippen molar-refractivity contribution in [3.63, 3.8) is 0 Å². The maximum absolute atomic E-state index is 10.5. The van der Waals surface area contributed by atoms with E-state index < -0.39 is 43.4 Å². The fourth-order valence-corrected chi connectivity index (χ4v) is 3.11. The molecular weight excluding hydrogens is 336 g/mol. The summed E-state index contributed by atoms with van der Waals surface area (Å²) in [7, 11) is 0. The van der Waals surface area contributed by atoms with Crippen molar-refractivity contribution in [3.8, 4) is 0 Å². The number of ether oxygens (including phenoxy) is 2. The molecule has 1 aliphatic heterocycles. The maximum Gasteiger partial charge on any atom is 0.184 e. The Balaban J connectivity index is 1.80. The molecule has 2 aromatic rings. The van der Waals surface area contributed by atoms with E-state index in [4.69, 9.17) is 14.6 Å². The normalized spacial score (nSPS) is 26.4. The van der Waals surface area contributed by atoms with E-state index in [0.717, 1.165) is 11.1 Å². The second kappa shape index (κ2) is 8.73. The molecular formula is C20H24O6. The molecule has 0 aliphatic carbocycles. The molecule has 1 saturated heterocycles. The van der Waals surface area contributed by atoms with Crippen molar-refractivity contribution in [1.29, 1.82) is 0 Å². The third kappa shape index (κ3) is 4.29. The molecule has 26 heavy (non-hydrogen) atoms. The summed E-state index contributed by atoms with van der Waals surface area (Å²) in [6.07, 6.45) is -5.96. The zero-order valence-electron chi connectivity index (χ0n) is 14.3. The molecule has 6 atom stereocenters. The minimum absolute atomic E-state index is 0.480. The second-order valence-corrected chi connectivity index (χ2v) is 6.44. The van der Waals surface area contributed by atoms with E-state index >= 15 is 0 Å². The van der Waals surface area contributed by atoms with Crippen molar-refractivity contribution >= 4 is 0 Å². The van der Waals surface area contributed by atoms with Gasteiger partial charge >= 0.3 is 0 Å². The van der Waals surface area contributed by atoms with E-state index in [1.807, 2.05) is 60.7 Å². The van der Waals surface area contributed by atoms with Gasteiger partial charge in [-0.3, -0.25) is 0 Å². The summed E-state index contributed by atoms with van der Waals surface area (Å²) in [4.78, 5) is 0. The zero-order valence-corrected chi connectivity index (χ0v) is 14.3. The first-order chi connectivity index (χ1) is 12.6. The lowest BCUT2D eigenvalue weighted by molar-refractivity contribution is -0.135.